The highest BCUT2D eigenvalue weighted by Crippen LogP contribution is 2.37. The van der Waals surface area contributed by atoms with E-state index in [1.54, 1.807) is 19.1 Å². The molecule has 5 nitrogen and oxygen atoms in total. The molecule has 33 heavy (non-hydrogen) atoms. The molecule has 168 valence electrons. The molecule has 0 aliphatic rings. The van der Waals surface area contributed by atoms with E-state index in [1.165, 1.54) is 31.4 Å². The molecule has 0 aliphatic heterocycles. The van der Waals surface area contributed by atoms with Crippen LogP contribution in [0.25, 0.3) is 33.5 Å². The van der Waals surface area contributed by atoms with E-state index in [4.69, 9.17) is 0 Å². The van der Waals surface area contributed by atoms with Crippen LogP contribution in [0.5, 0.6) is 0 Å². The van der Waals surface area contributed by atoms with Gasteiger partial charge in [-0.05, 0) is 29.7 Å². The highest BCUT2D eigenvalue weighted by atomic mass is 19.2. The van der Waals surface area contributed by atoms with Gasteiger partial charge in [-0.25, -0.2) is 22.5 Å². The number of nitrogens with zero attached hydrogens (tertiary/aromatic N) is 1. The number of hydrogen-bond donors (Lipinski definition) is 1. The molecule has 4 rings (SSSR count). The van der Waals surface area contributed by atoms with Gasteiger partial charge in [0.2, 0.25) is 0 Å². The average Bonchev–Trinajstić information content (AvgIpc) is 3.22. The SMILES string of the molecule is COC(=O)Cc1cc(C)cc2[nH]c(-c3c(F)c(F)c(-c4ccc(C=O)cc4)c(F)c3F)nc12. The molecule has 0 saturated heterocycles. The number of benzene rings is 3. The largest absolute Gasteiger partial charge is 0.469 e. The minimum absolute atomic E-state index is 0.138. The summed E-state index contributed by atoms with van der Waals surface area (Å²) in [6.45, 7) is 1.74. The summed E-state index contributed by atoms with van der Waals surface area (Å²) < 4.78 is 64.5. The minimum atomic E-state index is -1.63. The van der Waals surface area contributed by atoms with Crippen LogP contribution in [-0.4, -0.2) is 29.3 Å². The Morgan fingerprint density at radius 3 is 2.18 bits per heavy atom. The van der Waals surface area contributed by atoms with Crippen LogP contribution in [0.1, 0.15) is 21.5 Å². The number of methoxy groups -OCH3 is 1. The van der Waals surface area contributed by atoms with Crippen LogP contribution in [0.15, 0.2) is 36.4 Å². The number of carbonyl (C=O) groups excluding carboxylic acids is 2. The zero-order valence-electron chi connectivity index (χ0n) is 17.4. The Labute approximate surface area is 185 Å². The normalized spacial score (nSPS) is 11.1. The van der Waals surface area contributed by atoms with Crippen LogP contribution in [-0.2, 0) is 16.0 Å². The van der Waals surface area contributed by atoms with Crippen LogP contribution in [0.4, 0.5) is 17.6 Å². The summed E-state index contributed by atoms with van der Waals surface area (Å²) >= 11 is 0. The van der Waals surface area contributed by atoms with Crippen molar-refractivity contribution in [2.45, 2.75) is 13.3 Å². The number of rotatable bonds is 5. The zero-order chi connectivity index (χ0) is 23.9. The van der Waals surface area contributed by atoms with Gasteiger partial charge < -0.3 is 9.72 Å². The first-order chi connectivity index (χ1) is 15.7. The fourth-order valence-corrected chi connectivity index (χ4v) is 3.65. The van der Waals surface area contributed by atoms with Crippen molar-refractivity contribution < 1.29 is 31.9 Å². The third-order valence-corrected chi connectivity index (χ3v) is 5.21. The Balaban J connectivity index is 1.90. The highest BCUT2D eigenvalue weighted by molar-refractivity contribution is 5.87. The number of nitrogens with one attached hydrogen (secondary N) is 1. The van der Waals surface area contributed by atoms with E-state index >= 15 is 8.78 Å². The number of halogens is 4. The molecule has 3 aromatic carbocycles. The third kappa shape index (κ3) is 3.86. The van der Waals surface area contributed by atoms with E-state index in [1.807, 2.05) is 0 Å². The first kappa shape index (κ1) is 22.2. The number of imidazole rings is 1. The molecule has 1 heterocycles. The van der Waals surface area contributed by atoms with Gasteiger partial charge in [0.05, 0.1) is 35.7 Å². The monoisotopic (exact) mass is 456 g/mol. The molecule has 4 aromatic rings. The lowest BCUT2D eigenvalue weighted by Crippen LogP contribution is -2.05. The van der Waals surface area contributed by atoms with Crippen molar-refractivity contribution in [1.82, 2.24) is 9.97 Å². The Kier molecular flexibility index (Phi) is 5.71. The van der Waals surface area contributed by atoms with Crippen LogP contribution >= 0.6 is 0 Å². The molecular weight excluding hydrogens is 440 g/mol. The summed E-state index contributed by atoms with van der Waals surface area (Å²) in [5, 5.41) is 0. The summed E-state index contributed by atoms with van der Waals surface area (Å²) in [7, 11) is 1.22. The van der Waals surface area contributed by atoms with E-state index in [9.17, 15) is 18.4 Å². The second kappa shape index (κ2) is 8.50. The molecule has 0 unspecified atom stereocenters. The van der Waals surface area contributed by atoms with Gasteiger partial charge in [0.1, 0.15) is 12.1 Å². The maximum Gasteiger partial charge on any atom is 0.310 e. The Bertz CT molecular complexity index is 1380. The van der Waals surface area contributed by atoms with Crippen LogP contribution < -0.4 is 0 Å². The fourth-order valence-electron chi connectivity index (χ4n) is 3.65. The molecule has 0 atom stereocenters. The van der Waals surface area contributed by atoms with E-state index in [0.29, 0.717) is 17.4 Å². The fraction of sp³-hybridized carbons (Fsp3) is 0.125. The second-order valence-electron chi connectivity index (χ2n) is 7.40. The first-order valence-corrected chi connectivity index (χ1v) is 9.73. The van der Waals surface area contributed by atoms with Gasteiger partial charge in [-0.15, -0.1) is 0 Å². The number of esters is 1. The average molecular weight is 456 g/mol. The number of carbonyl (C=O) groups is 2. The maximum absolute atomic E-state index is 15.0. The van der Waals surface area contributed by atoms with E-state index in [2.05, 4.69) is 14.7 Å². The molecule has 0 saturated carbocycles. The van der Waals surface area contributed by atoms with Crippen LogP contribution in [0, 0.1) is 30.2 Å². The lowest BCUT2D eigenvalue weighted by Gasteiger charge is -2.11. The summed E-state index contributed by atoms with van der Waals surface area (Å²) in [5.74, 6) is -7.45. The van der Waals surface area contributed by atoms with Gasteiger partial charge in [-0.3, -0.25) is 9.59 Å². The number of aldehydes is 1. The van der Waals surface area contributed by atoms with Gasteiger partial charge in [0.25, 0.3) is 0 Å². The Hall–Kier alpha value is -4.01. The second-order valence-corrected chi connectivity index (χ2v) is 7.40. The summed E-state index contributed by atoms with van der Waals surface area (Å²) in [6.07, 6.45) is 0.376. The Morgan fingerprint density at radius 2 is 1.61 bits per heavy atom. The molecule has 0 fully saturated rings. The predicted octanol–water partition coefficient (Wildman–Crippen LogP) is 5.29. The van der Waals surface area contributed by atoms with Gasteiger partial charge in [-0.2, -0.15) is 0 Å². The quantitative estimate of drug-likeness (QED) is 0.192. The highest BCUT2D eigenvalue weighted by Gasteiger charge is 2.29. The van der Waals surface area contributed by atoms with Crippen molar-refractivity contribution in [3.8, 4) is 22.5 Å². The molecule has 1 aromatic heterocycles. The molecule has 0 bridgehead atoms. The number of hydrogen-bond acceptors (Lipinski definition) is 4. The zero-order valence-corrected chi connectivity index (χ0v) is 17.4. The predicted molar refractivity (Wildman–Crippen MR) is 113 cm³/mol. The number of ether oxygens (including phenoxy) is 1. The summed E-state index contributed by atoms with van der Waals surface area (Å²) in [6, 6.07) is 8.20. The summed E-state index contributed by atoms with van der Waals surface area (Å²) in [4.78, 5) is 29.3. The van der Waals surface area contributed by atoms with Crippen molar-refractivity contribution in [2.75, 3.05) is 7.11 Å². The number of aromatic amines is 1. The van der Waals surface area contributed by atoms with E-state index in [-0.39, 0.29) is 23.1 Å². The van der Waals surface area contributed by atoms with Crippen LogP contribution in [0.3, 0.4) is 0 Å². The number of H-pyrrole nitrogens is 1. The van der Waals surface area contributed by atoms with Gasteiger partial charge in [0.15, 0.2) is 23.3 Å². The molecule has 0 spiro atoms. The minimum Gasteiger partial charge on any atom is -0.469 e. The Morgan fingerprint density at radius 1 is 1.00 bits per heavy atom. The molecule has 0 aliphatic carbocycles. The maximum atomic E-state index is 15.0. The van der Waals surface area contributed by atoms with Crippen molar-refractivity contribution in [3.05, 3.63) is 76.4 Å². The first-order valence-electron chi connectivity index (χ1n) is 9.73. The van der Waals surface area contributed by atoms with Gasteiger partial charge in [-0.1, -0.05) is 30.3 Å². The van der Waals surface area contributed by atoms with Crippen molar-refractivity contribution >= 4 is 23.3 Å². The number of fused-ring (bicyclic) bond motifs is 1. The van der Waals surface area contributed by atoms with Crippen molar-refractivity contribution in [2.24, 2.45) is 0 Å². The molecule has 9 heteroatoms. The summed E-state index contributed by atoms with van der Waals surface area (Å²) in [5.41, 5.74) is -0.109. The molecule has 0 radical (unpaired) electrons. The van der Waals surface area contributed by atoms with E-state index < -0.39 is 46.2 Å². The lowest BCUT2D eigenvalue weighted by atomic mass is 9.99. The number of aryl methyl sites for hydroxylation is 1. The molecule has 0 amide bonds. The van der Waals surface area contributed by atoms with Gasteiger partial charge >= 0.3 is 5.97 Å². The topological polar surface area (TPSA) is 72.1 Å². The third-order valence-electron chi connectivity index (χ3n) is 5.21. The van der Waals surface area contributed by atoms with Crippen LogP contribution in [0.2, 0.25) is 0 Å². The van der Waals surface area contributed by atoms with Crippen molar-refractivity contribution in [3.63, 3.8) is 0 Å². The smallest absolute Gasteiger partial charge is 0.310 e. The molecule has 1 N–H and O–H groups in total. The van der Waals surface area contributed by atoms with E-state index in [0.717, 1.165) is 5.56 Å². The number of aromatic nitrogens is 2. The molecular formula is C24H16F4N2O3. The van der Waals surface area contributed by atoms with Crippen molar-refractivity contribution in [1.29, 1.82) is 0 Å². The standard InChI is InChI=1S/C24H16F4N2O3/c1-11-7-14(9-16(32)33-2)23-15(8-11)29-24(30-23)18-21(27)19(25)17(20(26)22(18)28)13-5-3-12(10-31)4-6-13/h3-8,10H,9H2,1-2H3,(H,29,30). The lowest BCUT2D eigenvalue weighted by molar-refractivity contribution is -0.139. The van der Waals surface area contributed by atoms with Gasteiger partial charge in [0, 0.05) is 5.56 Å².